The Hall–Kier alpha value is -0.610. The summed E-state index contributed by atoms with van der Waals surface area (Å²) < 4.78 is 0. The number of hydrogen-bond acceptors (Lipinski definition) is 3. The molecule has 1 unspecified atom stereocenters. The van der Waals surface area contributed by atoms with E-state index in [-0.39, 0.29) is 11.8 Å². The van der Waals surface area contributed by atoms with Gasteiger partial charge in [-0.2, -0.15) is 0 Å². The molecule has 17 heavy (non-hydrogen) atoms. The van der Waals surface area contributed by atoms with Crippen molar-refractivity contribution in [3.63, 3.8) is 0 Å². The number of rotatable bonds is 4. The first-order valence-electron chi connectivity index (χ1n) is 6.87. The van der Waals surface area contributed by atoms with Crippen LogP contribution in [-0.4, -0.2) is 44.0 Å². The Labute approximate surface area is 104 Å². The second kappa shape index (κ2) is 5.83. The zero-order chi connectivity index (χ0) is 12.3. The van der Waals surface area contributed by atoms with Gasteiger partial charge in [0.15, 0.2) is 0 Å². The lowest BCUT2D eigenvalue weighted by atomic mass is 9.95. The van der Waals surface area contributed by atoms with Crippen LogP contribution < -0.4 is 11.1 Å². The third-order valence-corrected chi connectivity index (χ3v) is 4.35. The fourth-order valence-electron chi connectivity index (χ4n) is 3.23. The lowest BCUT2D eigenvalue weighted by Gasteiger charge is -2.19. The topological polar surface area (TPSA) is 58.4 Å². The van der Waals surface area contributed by atoms with E-state index in [0.29, 0.717) is 18.4 Å². The predicted octanol–water partition coefficient (Wildman–Crippen LogP) is 0.429. The first-order chi connectivity index (χ1) is 8.20. The highest BCUT2D eigenvalue weighted by Gasteiger charge is 2.32. The molecule has 0 spiro atoms. The van der Waals surface area contributed by atoms with Gasteiger partial charge in [-0.15, -0.1) is 0 Å². The number of nitrogens with one attached hydrogen (secondary N) is 1. The van der Waals surface area contributed by atoms with Gasteiger partial charge in [-0.25, -0.2) is 0 Å². The molecule has 0 aromatic rings. The number of amides is 1. The average Bonchev–Trinajstić information content (AvgIpc) is 2.94. The maximum Gasteiger partial charge on any atom is 0.223 e. The summed E-state index contributed by atoms with van der Waals surface area (Å²) in [6.07, 6.45) is 4.52. The second-order valence-corrected chi connectivity index (χ2v) is 5.70. The Balaban J connectivity index is 1.73. The Morgan fingerprint density at radius 1 is 1.41 bits per heavy atom. The van der Waals surface area contributed by atoms with Crippen LogP contribution in [0.2, 0.25) is 0 Å². The molecular formula is C13H25N3O. The van der Waals surface area contributed by atoms with Crippen molar-refractivity contribution in [1.29, 1.82) is 0 Å². The molecular weight excluding hydrogens is 214 g/mol. The van der Waals surface area contributed by atoms with Gasteiger partial charge in [0, 0.05) is 19.0 Å². The number of nitrogens with zero attached hydrogens (tertiary/aromatic N) is 1. The Kier molecular flexibility index (Phi) is 4.40. The quantitative estimate of drug-likeness (QED) is 0.748. The summed E-state index contributed by atoms with van der Waals surface area (Å²) in [7, 11) is 2.14. The molecule has 2 rings (SSSR count). The maximum absolute atomic E-state index is 12.1. The van der Waals surface area contributed by atoms with Crippen LogP contribution in [0.5, 0.6) is 0 Å². The van der Waals surface area contributed by atoms with E-state index in [1.807, 2.05) is 0 Å². The van der Waals surface area contributed by atoms with E-state index in [4.69, 9.17) is 5.73 Å². The van der Waals surface area contributed by atoms with Gasteiger partial charge in [0.25, 0.3) is 0 Å². The van der Waals surface area contributed by atoms with Gasteiger partial charge in [-0.1, -0.05) is 6.42 Å². The summed E-state index contributed by atoms with van der Waals surface area (Å²) in [5.74, 6) is 1.48. The summed E-state index contributed by atoms with van der Waals surface area (Å²) in [6, 6.07) is 0. The van der Waals surface area contributed by atoms with Crippen molar-refractivity contribution in [2.75, 3.05) is 33.2 Å². The number of likely N-dealkylation sites (tertiary alicyclic amines) is 1. The second-order valence-electron chi connectivity index (χ2n) is 5.70. The highest BCUT2D eigenvalue weighted by atomic mass is 16.1. The molecule has 3 N–H and O–H groups in total. The number of hydrogen-bond donors (Lipinski definition) is 2. The van der Waals surface area contributed by atoms with E-state index in [1.165, 1.54) is 6.42 Å². The highest BCUT2D eigenvalue weighted by molar-refractivity contribution is 5.79. The SMILES string of the molecule is CN1CCC(CNC(=O)[C@@H]2CCC[C@@H]2CN)C1. The molecule has 2 fully saturated rings. The van der Waals surface area contributed by atoms with Crippen molar-refractivity contribution in [3.8, 4) is 0 Å². The van der Waals surface area contributed by atoms with Crippen LogP contribution in [0.25, 0.3) is 0 Å². The van der Waals surface area contributed by atoms with Crippen LogP contribution in [-0.2, 0) is 4.79 Å². The molecule has 4 heteroatoms. The molecule has 0 radical (unpaired) electrons. The fraction of sp³-hybridized carbons (Fsp3) is 0.923. The maximum atomic E-state index is 12.1. The van der Waals surface area contributed by atoms with E-state index in [1.54, 1.807) is 0 Å². The van der Waals surface area contributed by atoms with Crippen LogP contribution >= 0.6 is 0 Å². The van der Waals surface area contributed by atoms with Crippen molar-refractivity contribution in [2.24, 2.45) is 23.5 Å². The predicted molar refractivity (Wildman–Crippen MR) is 68.5 cm³/mol. The third-order valence-electron chi connectivity index (χ3n) is 4.35. The monoisotopic (exact) mass is 239 g/mol. The Bertz CT molecular complexity index is 269. The molecule has 1 saturated carbocycles. The lowest BCUT2D eigenvalue weighted by molar-refractivity contribution is -0.126. The average molecular weight is 239 g/mol. The minimum Gasteiger partial charge on any atom is -0.356 e. The molecule has 3 atom stereocenters. The van der Waals surface area contributed by atoms with Crippen molar-refractivity contribution in [3.05, 3.63) is 0 Å². The van der Waals surface area contributed by atoms with E-state index in [2.05, 4.69) is 17.3 Å². The molecule has 0 aromatic heterocycles. The van der Waals surface area contributed by atoms with Gasteiger partial charge < -0.3 is 16.0 Å². The molecule has 1 heterocycles. The molecule has 1 saturated heterocycles. The Morgan fingerprint density at radius 2 is 2.24 bits per heavy atom. The summed E-state index contributed by atoms with van der Waals surface area (Å²) in [6.45, 7) is 3.78. The van der Waals surface area contributed by atoms with Gasteiger partial charge in [-0.05, 0) is 51.2 Å². The zero-order valence-corrected chi connectivity index (χ0v) is 10.8. The zero-order valence-electron chi connectivity index (χ0n) is 10.8. The Morgan fingerprint density at radius 3 is 2.88 bits per heavy atom. The van der Waals surface area contributed by atoms with Crippen LogP contribution in [0.15, 0.2) is 0 Å². The van der Waals surface area contributed by atoms with Crippen LogP contribution in [0.3, 0.4) is 0 Å². The summed E-state index contributed by atoms with van der Waals surface area (Å²) in [5.41, 5.74) is 5.71. The summed E-state index contributed by atoms with van der Waals surface area (Å²) in [5, 5.41) is 3.13. The van der Waals surface area contributed by atoms with Gasteiger partial charge in [0.2, 0.25) is 5.91 Å². The molecule has 0 aromatic carbocycles. The minimum absolute atomic E-state index is 0.180. The van der Waals surface area contributed by atoms with Gasteiger partial charge in [0.1, 0.15) is 0 Å². The van der Waals surface area contributed by atoms with E-state index in [0.717, 1.165) is 38.9 Å². The molecule has 1 amide bonds. The van der Waals surface area contributed by atoms with Crippen LogP contribution in [0.4, 0.5) is 0 Å². The molecule has 0 bridgehead atoms. The fourth-order valence-corrected chi connectivity index (χ4v) is 3.23. The molecule has 98 valence electrons. The van der Waals surface area contributed by atoms with Crippen LogP contribution in [0, 0.1) is 17.8 Å². The molecule has 4 nitrogen and oxygen atoms in total. The number of carbonyl (C=O) groups excluding carboxylic acids is 1. The van der Waals surface area contributed by atoms with E-state index in [9.17, 15) is 4.79 Å². The van der Waals surface area contributed by atoms with E-state index >= 15 is 0 Å². The minimum atomic E-state index is 0.180. The third kappa shape index (κ3) is 3.19. The summed E-state index contributed by atoms with van der Waals surface area (Å²) >= 11 is 0. The van der Waals surface area contributed by atoms with Crippen molar-refractivity contribution in [2.45, 2.75) is 25.7 Å². The normalized spacial score (nSPS) is 34.1. The number of nitrogens with two attached hydrogens (primary N) is 1. The van der Waals surface area contributed by atoms with Gasteiger partial charge in [0.05, 0.1) is 0 Å². The first kappa shape index (κ1) is 12.8. The van der Waals surface area contributed by atoms with Gasteiger partial charge in [-0.3, -0.25) is 4.79 Å². The molecule has 1 aliphatic heterocycles. The van der Waals surface area contributed by atoms with Crippen molar-refractivity contribution in [1.82, 2.24) is 10.2 Å². The molecule has 1 aliphatic carbocycles. The number of carbonyl (C=O) groups is 1. The standard InChI is InChI=1S/C13H25N3O/c1-16-6-5-10(9-16)8-15-13(17)12-4-2-3-11(12)7-14/h10-12H,2-9,14H2,1H3,(H,15,17)/t10?,11-,12-/m1/s1. The smallest absolute Gasteiger partial charge is 0.223 e. The van der Waals surface area contributed by atoms with Crippen LogP contribution in [0.1, 0.15) is 25.7 Å². The summed E-state index contributed by atoms with van der Waals surface area (Å²) in [4.78, 5) is 14.4. The highest BCUT2D eigenvalue weighted by Crippen LogP contribution is 2.31. The molecule has 2 aliphatic rings. The van der Waals surface area contributed by atoms with Gasteiger partial charge >= 0.3 is 0 Å². The van der Waals surface area contributed by atoms with E-state index < -0.39 is 0 Å². The first-order valence-corrected chi connectivity index (χ1v) is 6.87. The largest absolute Gasteiger partial charge is 0.356 e. The lowest BCUT2D eigenvalue weighted by Crippen LogP contribution is -2.38. The van der Waals surface area contributed by atoms with Crippen molar-refractivity contribution >= 4 is 5.91 Å². The van der Waals surface area contributed by atoms with Crippen molar-refractivity contribution < 1.29 is 4.79 Å².